The van der Waals surface area contributed by atoms with Gasteiger partial charge in [-0.15, -0.1) is 0 Å². The van der Waals surface area contributed by atoms with Crippen molar-refractivity contribution in [1.82, 2.24) is 4.98 Å². The summed E-state index contributed by atoms with van der Waals surface area (Å²) >= 11 is 0. The second-order valence-electron chi connectivity index (χ2n) is 6.33. The van der Waals surface area contributed by atoms with Crippen molar-refractivity contribution in [3.8, 4) is 5.88 Å². The van der Waals surface area contributed by atoms with Gasteiger partial charge in [0.2, 0.25) is 5.88 Å². The minimum absolute atomic E-state index is 0.247. The first-order valence-corrected chi connectivity index (χ1v) is 8.40. The van der Waals surface area contributed by atoms with Gasteiger partial charge in [-0.25, -0.2) is 4.98 Å². The van der Waals surface area contributed by atoms with E-state index in [4.69, 9.17) is 4.74 Å². The molecule has 1 saturated heterocycles. The number of pyridine rings is 1. The minimum Gasteiger partial charge on any atom is -0.513 e. The maximum absolute atomic E-state index is 9.51. The number of nitrogens with zero attached hydrogens (tertiary/aromatic N) is 2. The third-order valence-corrected chi connectivity index (χ3v) is 4.54. The summed E-state index contributed by atoms with van der Waals surface area (Å²) in [5, 5.41) is 9.51. The first-order chi connectivity index (χ1) is 11.6. The number of rotatable bonds is 6. The van der Waals surface area contributed by atoms with Gasteiger partial charge in [0.1, 0.15) is 6.61 Å². The number of hydrogen-bond acceptors (Lipinski definition) is 4. The van der Waals surface area contributed by atoms with Gasteiger partial charge >= 0.3 is 0 Å². The summed E-state index contributed by atoms with van der Waals surface area (Å²) in [7, 11) is 0. The summed E-state index contributed by atoms with van der Waals surface area (Å²) in [6.07, 6.45) is 4.59. The van der Waals surface area contributed by atoms with E-state index in [1.807, 2.05) is 24.3 Å². The number of benzene rings is 1. The first-order valence-electron chi connectivity index (χ1n) is 8.40. The summed E-state index contributed by atoms with van der Waals surface area (Å²) in [6, 6.07) is 12.5. The molecule has 1 aliphatic heterocycles. The molecule has 1 aromatic heterocycles. The van der Waals surface area contributed by atoms with Gasteiger partial charge < -0.3 is 14.7 Å². The molecule has 1 aromatic carbocycles. The highest BCUT2D eigenvalue weighted by Gasteiger charge is 2.25. The molecule has 2 aromatic rings. The third kappa shape index (κ3) is 3.88. The van der Waals surface area contributed by atoms with Gasteiger partial charge in [-0.1, -0.05) is 30.8 Å². The van der Waals surface area contributed by atoms with Crippen LogP contribution in [0.25, 0.3) is 0 Å². The maximum atomic E-state index is 9.51. The zero-order valence-corrected chi connectivity index (χ0v) is 14.1. The van der Waals surface area contributed by atoms with Gasteiger partial charge in [-0.05, 0) is 37.0 Å². The highest BCUT2D eigenvalue weighted by molar-refractivity contribution is 5.50. The lowest BCUT2D eigenvalue weighted by molar-refractivity contribution is 0.293. The lowest BCUT2D eigenvalue weighted by atomic mass is 10.1. The third-order valence-electron chi connectivity index (χ3n) is 4.54. The molecule has 0 saturated carbocycles. The van der Waals surface area contributed by atoms with Crippen molar-refractivity contribution in [2.45, 2.75) is 38.8 Å². The molecule has 126 valence electrons. The van der Waals surface area contributed by atoms with E-state index in [-0.39, 0.29) is 5.76 Å². The zero-order chi connectivity index (χ0) is 16.9. The Morgan fingerprint density at radius 1 is 1.38 bits per heavy atom. The fraction of sp³-hybridized carbons (Fsp3) is 0.350. The zero-order valence-electron chi connectivity index (χ0n) is 14.1. The molecule has 0 aliphatic carbocycles. The van der Waals surface area contributed by atoms with E-state index < -0.39 is 0 Å². The Labute approximate surface area is 143 Å². The molecule has 1 unspecified atom stereocenters. The van der Waals surface area contributed by atoms with Crippen molar-refractivity contribution in [1.29, 1.82) is 0 Å². The van der Waals surface area contributed by atoms with Crippen molar-refractivity contribution in [2.75, 3.05) is 11.4 Å². The van der Waals surface area contributed by atoms with E-state index in [1.165, 1.54) is 11.1 Å². The van der Waals surface area contributed by atoms with Crippen molar-refractivity contribution in [3.05, 3.63) is 66.1 Å². The number of ether oxygens (including phenoxy) is 1. The van der Waals surface area contributed by atoms with Crippen molar-refractivity contribution in [3.63, 3.8) is 0 Å². The second kappa shape index (κ2) is 7.39. The number of anilines is 1. The lowest BCUT2D eigenvalue weighted by Gasteiger charge is -2.26. The average molecular weight is 324 g/mol. The van der Waals surface area contributed by atoms with Crippen LogP contribution < -0.4 is 9.64 Å². The van der Waals surface area contributed by atoms with Gasteiger partial charge in [0.05, 0.1) is 5.76 Å². The fourth-order valence-electron chi connectivity index (χ4n) is 3.24. The Kier molecular flexibility index (Phi) is 5.04. The molecule has 2 heterocycles. The molecule has 0 radical (unpaired) electrons. The average Bonchev–Trinajstić information content (AvgIpc) is 3.02. The predicted octanol–water partition coefficient (Wildman–Crippen LogP) is 4.40. The molecular weight excluding hydrogens is 300 g/mol. The molecule has 1 fully saturated rings. The highest BCUT2D eigenvalue weighted by atomic mass is 16.5. The number of hydrogen-bond donors (Lipinski definition) is 1. The maximum Gasteiger partial charge on any atom is 0.215 e. The smallest absolute Gasteiger partial charge is 0.215 e. The van der Waals surface area contributed by atoms with E-state index in [0.717, 1.165) is 25.1 Å². The molecule has 24 heavy (non-hydrogen) atoms. The molecule has 4 heteroatoms. The minimum atomic E-state index is 0.247. The molecule has 1 aliphatic rings. The first kappa shape index (κ1) is 16.4. The molecule has 4 nitrogen and oxygen atoms in total. The van der Waals surface area contributed by atoms with E-state index in [1.54, 1.807) is 6.20 Å². The number of aromatic nitrogens is 1. The van der Waals surface area contributed by atoms with E-state index >= 15 is 0 Å². The molecule has 0 bridgehead atoms. The van der Waals surface area contributed by atoms with Crippen LogP contribution in [-0.4, -0.2) is 22.7 Å². The van der Waals surface area contributed by atoms with Crippen LogP contribution >= 0.6 is 0 Å². The Hall–Kier alpha value is -2.49. The Morgan fingerprint density at radius 2 is 2.21 bits per heavy atom. The summed E-state index contributed by atoms with van der Waals surface area (Å²) in [4.78, 5) is 6.63. The van der Waals surface area contributed by atoms with Crippen LogP contribution in [0.5, 0.6) is 5.88 Å². The van der Waals surface area contributed by atoms with Crippen molar-refractivity contribution >= 4 is 5.69 Å². The molecular formula is C20H24N2O2. The second-order valence-corrected chi connectivity index (χ2v) is 6.33. The van der Waals surface area contributed by atoms with Gasteiger partial charge in [-0.2, -0.15) is 0 Å². The summed E-state index contributed by atoms with van der Waals surface area (Å²) in [5.41, 5.74) is 3.48. The van der Waals surface area contributed by atoms with Crippen LogP contribution in [-0.2, 0) is 6.61 Å². The fourth-order valence-corrected chi connectivity index (χ4v) is 3.24. The number of aliphatic hydroxyl groups is 1. The SMILES string of the molecule is C=C(O)CC1CCCN1c1ccnc(OCc2ccccc2C)c1. The largest absolute Gasteiger partial charge is 0.513 e. The molecule has 0 amide bonds. The van der Waals surface area contributed by atoms with E-state index in [9.17, 15) is 5.11 Å². The van der Waals surface area contributed by atoms with Crippen LogP contribution in [0, 0.1) is 6.92 Å². The summed E-state index contributed by atoms with van der Waals surface area (Å²) < 4.78 is 5.88. The van der Waals surface area contributed by atoms with E-state index in [2.05, 4.69) is 35.5 Å². The van der Waals surface area contributed by atoms with Gasteiger partial charge in [0.25, 0.3) is 0 Å². The van der Waals surface area contributed by atoms with Gasteiger partial charge in [-0.3, -0.25) is 0 Å². The van der Waals surface area contributed by atoms with Crippen molar-refractivity contribution in [2.24, 2.45) is 0 Å². The van der Waals surface area contributed by atoms with Crippen molar-refractivity contribution < 1.29 is 9.84 Å². The lowest BCUT2D eigenvalue weighted by Crippen LogP contribution is -2.29. The summed E-state index contributed by atoms with van der Waals surface area (Å²) in [6.45, 7) is 7.21. The Bertz CT molecular complexity index is 714. The van der Waals surface area contributed by atoms with Crippen LogP contribution in [0.1, 0.15) is 30.4 Å². The van der Waals surface area contributed by atoms with Crippen LogP contribution in [0.3, 0.4) is 0 Å². The molecule has 3 rings (SSSR count). The van der Waals surface area contributed by atoms with Crippen LogP contribution in [0.15, 0.2) is 54.9 Å². The highest BCUT2D eigenvalue weighted by Crippen LogP contribution is 2.30. The van der Waals surface area contributed by atoms with Gasteiger partial charge in [0, 0.05) is 37.0 Å². The quantitative estimate of drug-likeness (QED) is 0.800. The predicted molar refractivity (Wildman–Crippen MR) is 96.5 cm³/mol. The van der Waals surface area contributed by atoms with E-state index in [0.29, 0.717) is 24.9 Å². The standard InChI is InChI=1S/C20H24N2O2/c1-15-6-3-4-7-17(15)14-24-20-13-19(9-10-21-20)22-11-5-8-18(22)12-16(2)23/h3-4,6-7,9-10,13,18,23H,2,5,8,11-12,14H2,1H3. The molecule has 1 N–H and O–H groups in total. The van der Waals surface area contributed by atoms with Crippen LogP contribution in [0.4, 0.5) is 5.69 Å². The number of aliphatic hydroxyl groups excluding tert-OH is 1. The topological polar surface area (TPSA) is 45.6 Å². The Balaban J connectivity index is 1.70. The normalized spacial score (nSPS) is 17.0. The summed E-state index contributed by atoms with van der Waals surface area (Å²) in [5.74, 6) is 0.876. The molecule has 0 spiro atoms. The number of aryl methyl sites for hydroxylation is 1. The Morgan fingerprint density at radius 3 is 3.00 bits per heavy atom. The van der Waals surface area contributed by atoms with Crippen LogP contribution in [0.2, 0.25) is 0 Å². The van der Waals surface area contributed by atoms with Gasteiger partial charge in [0.15, 0.2) is 0 Å². The molecule has 1 atom stereocenters. The monoisotopic (exact) mass is 324 g/mol.